The Hall–Kier alpha value is -3.32. The number of rotatable bonds is 6. The largest absolute Gasteiger partial charge is 0.337 e. The van der Waals surface area contributed by atoms with E-state index < -0.39 is 0 Å². The Morgan fingerprint density at radius 3 is 2.55 bits per heavy atom. The maximum atomic E-state index is 12.8. The van der Waals surface area contributed by atoms with Crippen molar-refractivity contribution in [2.45, 2.75) is 32.9 Å². The van der Waals surface area contributed by atoms with E-state index in [1.54, 1.807) is 6.08 Å². The van der Waals surface area contributed by atoms with Crippen molar-refractivity contribution in [3.05, 3.63) is 71.3 Å². The van der Waals surface area contributed by atoms with Gasteiger partial charge >= 0.3 is 0 Å². The number of hydrogen-bond donors (Lipinski definition) is 1. The number of nitrogens with zero attached hydrogens (tertiary/aromatic N) is 2. The monoisotopic (exact) mass is 433 g/mol. The minimum atomic E-state index is -0.261. The average Bonchev–Trinajstić information content (AvgIpc) is 3.25. The maximum Gasteiger partial charge on any atom is 0.293 e. The fourth-order valence-corrected chi connectivity index (χ4v) is 4.50. The van der Waals surface area contributed by atoms with Gasteiger partial charge in [0.2, 0.25) is 5.91 Å². The van der Waals surface area contributed by atoms with Gasteiger partial charge in [0.1, 0.15) is 6.54 Å². The van der Waals surface area contributed by atoms with Crippen LogP contribution in [0.5, 0.6) is 0 Å². The minimum absolute atomic E-state index is 0.137. The molecule has 1 aromatic heterocycles. The lowest BCUT2D eigenvalue weighted by Gasteiger charge is -2.19. The van der Waals surface area contributed by atoms with E-state index in [4.69, 9.17) is 0 Å². The second-order valence-corrected chi connectivity index (χ2v) is 8.45. The number of benzene rings is 2. The van der Waals surface area contributed by atoms with Gasteiger partial charge in [-0.05, 0) is 49.4 Å². The van der Waals surface area contributed by atoms with Gasteiger partial charge < -0.3 is 9.88 Å². The van der Waals surface area contributed by atoms with E-state index >= 15 is 0 Å². The average molecular weight is 434 g/mol. The van der Waals surface area contributed by atoms with Crippen molar-refractivity contribution < 1.29 is 14.4 Å². The topological polar surface area (TPSA) is 71.4 Å². The summed E-state index contributed by atoms with van der Waals surface area (Å²) in [5.74, 6) is -0.404. The first kappa shape index (κ1) is 20.9. The molecule has 0 radical (unpaired) electrons. The molecule has 0 spiro atoms. The normalized spacial score (nSPS) is 16.3. The Morgan fingerprint density at radius 2 is 1.81 bits per heavy atom. The summed E-state index contributed by atoms with van der Waals surface area (Å²) in [5.41, 5.74) is 2.43. The Labute approximate surface area is 184 Å². The molecule has 1 fully saturated rings. The van der Waals surface area contributed by atoms with Crippen molar-refractivity contribution in [3.8, 4) is 0 Å². The number of fused-ring (bicyclic) bond motifs is 1. The molecule has 1 aliphatic heterocycles. The van der Waals surface area contributed by atoms with Crippen LogP contribution in [-0.2, 0) is 16.1 Å². The van der Waals surface area contributed by atoms with Crippen LogP contribution in [0.4, 0.5) is 10.5 Å². The van der Waals surface area contributed by atoms with Crippen molar-refractivity contribution in [2.24, 2.45) is 0 Å². The van der Waals surface area contributed by atoms with Crippen LogP contribution in [0.1, 0.15) is 25.8 Å². The third kappa shape index (κ3) is 4.27. The van der Waals surface area contributed by atoms with Gasteiger partial charge in [-0.2, -0.15) is 0 Å². The Kier molecular flexibility index (Phi) is 5.95. The molecule has 2 heterocycles. The van der Waals surface area contributed by atoms with Crippen LogP contribution in [-0.4, -0.2) is 32.6 Å². The highest BCUT2D eigenvalue weighted by atomic mass is 32.2. The van der Waals surface area contributed by atoms with Crippen LogP contribution in [0.3, 0.4) is 0 Å². The third-order valence-corrected chi connectivity index (χ3v) is 6.22. The lowest BCUT2D eigenvalue weighted by molar-refractivity contribution is -0.124. The number of anilines is 1. The van der Waals surface area contributed by atoms with Crippen LogP contribution in [0.2, 0.25) is 0 Å². The van der Waals surface area contributed by atoms with Gasteiger partial charge in [-0.3, -0.25) is 19.3 Å². The van der Waals surface area contributed by atoms with Gasteiger partial charge in [-0.15, -0.1) is 0 Å². The predicted molar refractivity (Wildman–Crippen MR) is 125 cm³/mol. The molecule has 1 unspecified atom stereocenters. The standard InChI is InChI=1S/C24H23N3O3S/c1-3-16(2)27-23(29)21(31-24(27)30)13-17-14-26(20-12-8-7-11-19(17)20)15-22(28)25-18-9-5-4-6-10-18/h4-14,16H,3,15H2,1-2H3,(H,25,28)/b21-13-. The number of carbonyl (C=O) groups is 3. The summed E-state index contributed by atoms with van der Waals surface area (Å²) >= 11 is 0.964. The molecule has 3 amide bonds. The van der Waals surface area contributed by atoms with Gasteiger partial charge in [0.25, 0.3) is 11.1 Å². The molecule has 0 saturated carbocycles. The maximum absolute atomic E-state index is 12.8. The number of amides is 3. The van der Waals surface area contributed by atoms with Gasteiger partial charge in [-0.1, -0.05) is 43.3 Å². The zero-order valence-electron chi connectivity index (χ0n) is 17.4. The molecule has 31 heavy (non-hydrogen) atoms. The van der Waals surface area contributed by atoms with E-state index in [0.29, 0.717) is 11.3 Å². The highest BCUT2D eigenvalue weighted by Gasteiger charge is 2.37. The van der Waals surface area contributed by atoms with E-state index in [1.807, 2.05) is 79.2 Å². The predicted octanol–water partition coefficient (Wildman–Crippen LogP) is 5.11. The smallest absolute Gasteiger partial charge is 0.293 e. The van der Waals surface area contributed by atoms with Crippen LogP contribution in [0, 0.1) is 0 Å². The zero-order chi connectivity index (χ0) is 22.0. The molecule has 2 aromatic carbocycles. The summed E-state index contributed by atoms with van der Waals surface area (Å²) < 4.78 is 1.86. The zero-order valence-corrected chi connectivity index (χ0v) is 18.2. The quantitative estimate of drug-likeness (QED) is 0.548. The first-order chi connectivity index (χ1) is 15.0. The molecule has 3 aromatic rings. The molecule has 0 bridgehead atoms. The van der Waals surface area contributed by atoms with Crippen LogP contribution in [0.15, 0.2) is 65.7 Å². The number of nitrogens with one attached hydrogen (secondary N) is 1. The van der Waals surface area contributed by atoms with E-state index in [0.717, 1.165) is 33.9 Å². The molecular weight excluding hydrogens is 410 g/mol. The highest BCUT2D eigenvalue weighted by Crippen LogP contribution is 2.35. The summed E-state index contributed by atoms with van der Waals surface area (Å²) in [7, 11) is 0. The minimum Gasteiger partial charge on any atom is -0.337 e. The molecule has 0 aliphatic carbocycles. The van der Waals surface area contributed by atoms with Crippen molar-refractivity contribution in [1.82, 2.24) is 9.47 Å². The number of carbonyl (C=O) groups excluding carboxylic acids is 3. The molecule has 1 saturated heterocycles. The van der Waals surface area contributed by atoms with Gasteiger partial charge in [0.05, 0.1) is 4.91 Å². The second-order valence-electron chi connectivity index (χ2n) is 7.45. The SMILES string of the molecule is CCC(C)N1C(=O)S/C(=C\c2cn(CC(=O)Nc3ccccc3)c3ccccc23)C1=O. The van der Waals surface area contributed by atoms with Crippen molar-refractivity contribution >= 4 is 51.5 Å². The molecule has 1 aliphatic rings. The van der Waals surface area contributed by atoms with E-state index in [2.05, 4.69) is 5.32 Å². The first-order valence-corrected chi connectivity index (χ1v) is 11.0. The number of hydrogen-bond acceptors (Lipinski definition) is 4. The molecule has 4 rings (SSSR count). The highest BCUT2D eigenvalue weighted by molar-refractivity contribution is 8.18. The fraction of sp³-hybridized carbons (Fsp3) is 0.208. The molecule has 1 atom stereocenters. The molecule has 7 heteroatoms. The molecule has 6 nitrogen and oxygen atoms in total. The fourth-order valence-electron chi connectivity index (χ4n) is 3.58. The number of aromatic nitrogens is 1. The van der Waals surface area contributed by atoms with Crippen LogP contribution in [0.25, 0.3) is 17.0 Å². The summed E-state index contributed by atoms with van der Waals surface area (Å²) in [6, 6.07) is 16.9. The van der Waals surface area contributed by atoms with Crippen molar-refractivity contribution in [2.75, 3.05) is 5.32 Å². The van der Waals surface area contributed by atoms with Gasteiger partial charge in [0, 0.05) is 34.4 Å². The summed E-state index contributed by atoms with van der Waals surface area (Å²) in [6.07, 6.45) is 4.31. The van der Waals surface area contributed by atoms with Crippen molar-refractivity contribution in [1.29, 1.82) is 0 Å². The molecular formula is C24H23N3O3S. The van der Waals surface area contributed by atoms with Gasteiger partial charge in [0.15, 0.2) is 0 Å². The summed E-state index contributed by atoms with van der Waals surface area (Å²) in [5, 5.41) is 3.57. The van der Waals surface area contributed by atoms with Crippen LogP contribution < -0.4 is 5.32 Å². The Bertz CT molecular complexity index is 1180. The Morgan fingerprint density at radius 1 is 1.10 bits per heavy atom. The summed E-state index contributed by atoms with van der Waals surface area (Å²) in [4.78, 5) is 39.4. The first-order valence-electron chi connectivity index (χ1n) is 10.2. The number of para-hydroxylation sites is 2. The van der Waals surface area contributed by atoms with Crippen molar-refractivity contribution in [3.63, 3.8) is 0 Å². The molecule has 1 N–H and O–H groups in total. The Balaban J connectivity index is 1.63. The lowest BCUT2D eigenvalue weighted by atomic mass is 10.1. The number of thioether (sulfide) groups is 1. The lowest BCUT2D eigenvalue weighted by Crippen LogP contribution is -2.36. The second kappa shape index (κ2) is 8.81. The van der Waals surface area contributed by atoms with Crippen LogP contribution >= 0.6 is 11.8 Å². The van der Waals surface area contributed by atoms with E-state index in [9.17, 15) is 14.4 Å². The van der Waals surface area contributed by atoms with E-state index in [1.165, 1.54) is 4.90 Å². The van der Waals surface area contributed by atoms with Gasteiger partial charge in [-0.25, -0.2) is 0 Å². The molecule has 158 valence electrons. The van der Waals surface area contributed by atoms with E-state index in [-0.39, 0.29) is 29.6 Å². The third-order valence-electron chi connectivity index (χ3n) is 5.33. The summed E-state index contributed by atoms with van der Waals surface area (Å²) in [6.45, 7) is 3.96. The number of imide groups is 1.